The highest BCUT2D eigenvalue weighted by Crippen LogP contribution is 2.32. The number of nitrogens with zero attached hydrogens (tertiary/aromatic N) is 1. The maximum Gasteiger partial charge on any atom is 0.360 e. The topological polar surface area (TPSA) is 90.4 Å². The number of aromatic nitrogens is 1. The molecule has 0 spiro atoms. The number of ether oxygens (including phenoxy) is 1. The Labute approximate surface area is 106 Å². The Morgan fingerprint density at radius 1 is 1.61 bits per heavy atom. The van der Waals surface area contributed by atoms with Crippen molar-refractivity contribution in [3.63, 3.8) is 0 Å². The summed E-state index contributed by atoms with van der Waals surface area (Å²) in [6, 6.07) is 0.338. The van der Waals surface area contributed by atoms with Gasteiger partial charge in [-0.1, -0.05) is 12.8 Å². The summed E-state index contributed by atoms with van der Waals surface area (Å²) in [5, 5.41) is 3.21. The summed E-state index contributed by atoms with van der Waals surface area (Å²) in [7, 11) is 0. The van der Waals surface area contributed by atoms with Crippen molar-refractivity contribution < 1.29 is 13.9 Å². The van der Waals surface area contributed by atoms with E-state index in [1.54, 1.807) is 6.92 Å². The predicted molar refractivity (Wildman–Crippen MR) is 66.3 cm³/mol. The lowest BCUT2D eigenvalue weighted by molar-refractivity contribution is 0.0519. The normalized spacial score (nSPS) is 17.7. The van der Waals surface area contributed by atoms with E-state index in [4.69, 9.17) is 14.9 Å². The first-order chi connectivity index (χ1) is 8.69. The largest absolute Gasteiger partial charge is 0.461 e. The van der Waals surface area contributed by atoms with Crippen molar-refractivity contribution in [2.24, 2.45) is 5.73 Å². The summed E-state index contributed by atoms with van der Waals surface area (Å²) in [6.07, 6.45) is 5.60. The molecule has 2 rings (SSSR count). The van der Waals surface area contributed by atoms with Crippen LogP contribution >= 0.6 is 0 Å². The van der Waals surface area contributed by atoms with Crippen molar-refractivity contribution >= 4 is 12.0 Å². The first-order valence-electron chi connectivity index (χ1n) is 6.30. The van der Waals surface area contributed by atoms with Crippen LogP contribution in [-0.2, 0) is 4.74 Å². The molecule has 0 amide bonds. The summed E-state index contributed by atoms with van der Waals surface area (Å²) in [4.78, 5) is 15.5. The van der Waals surface area contributed by atoms with Gasteiger partial charge in [-0.2, -0.15) is 4.98 Å². The van der Waals surface area contributed by atoms with Crippen LogP contribution in [-0.4, -0.2) is 29.6 Å². The highest BCUT2D eigenvalue weighted by atomic mass is 16.5. The van der Waals surface area contributed by atoms with Crippen LogP contribution < -0.4 is 11.1 Å². The maximum atomic E-state index is 11.4. The van der Waals surface area contributed by atoms with E-state index in [1.165, 1.54) is 6.26 Å². The minimum absolute atomic E-state index is 0.142. The zero-order chi connectivity index (χ0) is 13.0. The third-order valence-electron chi connectivity index (χ3n) is 3.31. The van der Waals surface area contributed by atoms with Crippen molar-refractivity contribution in [3.05, 3.63) is 12.0 Å². The van der Waals surface area contributed by atoms with Gasteiger partial charge in [-0.3, -0.25) is 0 Å². The molecule has 0 unspecified atom stereocenters. The smallest absolute Gasteiger partial charge is 0.360 e. The number of rotatable bonds is 5. The monoisotopic (exact) mass is 253 g/mol. The van der Waals surface area contributed by atoms with Gasteiger partial charge in [0.1, 0.15) is 6.26 Å². The van der Waals surface area contributed by atoms with Crippen LogP contribution in [0.25, 0.3) is 0 Å². The summed E-state index contributed by atoms with van der Waals surface area (Å²) >= 11 is 0. The molecular weight excluding hydrogens is 234 g/mol. The zero-order valence-corrected chi connectivity index (χ0v) is 10.6. The third kappa shape index (κ3) is 2.64. The average Bonchev–Trinajstić information content (AvgIpc) is 3.00. The van der Waals surface area contributed by atoms with Gasteiger partial charge in [-0.05, 0) is 19.8 Å². The van der Waals surface area contributed by atoms with Crippen molar-refractivity contribution in [1.82, 2.24) is 4.98 Å². The number of oxazole rings is 1. The van der Waals surface area contributed by atoms with E-state index in [1.807, 2.05) is 0 Å². The Hall–Kier alpha value is -1.56. The summed E-state index contributed by atoms with van der Waals surface area (Å²) in [5.74, 6) is -0.470. The molecule has 0 saturated heterocycles. The van der Waals surface area contributed by atoms with Crippen LogP contribution in [0.1, 0.15) is 43.1 Å². The second-order valence-corrected chi connectivity index (χ2v) is 4.57. The van der Waals surface area contributed by atoms with E-state index in [0.717, 1.165) is 25.7 Å². The number of nitrogens with two attached hydrogens (primary N) is 1. The van der Waals surface area contributed by atoms with Gasteiger partial charge >= 0.3 is 5.97 Å². The molecule has 1 saturated carbocycles. The van der Waals surface area contributed by atoms with Crippen LogP contribution in [0.2, 0.25) is 0 Å². The van der Waals surface area contributed by atoms with Gasteiger partial charge in [0.05, 0.1) is 12.1 Å². The Bertz CT molecular complexity index is 410. The number of hydrogen-bond acceptors (Lipinski definition) is 6. The van der Waals surface area contributed by atoms with Crippen LogP contribution in [0.5, 0.6) is 0 Å². The molecule has 0 aromatic carbocycles. The van der Waals surface area contributed by atoms with Crippen LogP contribution in [0.3, 0.4) is 0 Å². The summed E-state index contributed by atoms with van der Waals surface area (Å²) in [5.41, 5.74) is 5.85. The average molecular weight is 253 g/mol. The quantitative estimate of drug-likeness (QED) is 0.773. The maximum absolute atomic E-state index is 11.4. The Kier molecular flexibility index (Phi) is 3.86. The number of nitrogens with one attached hydrogen (secondary N) is 1. The molecule has 18 heavy (non-hydrogen) atoms. The third-order valence-corrected chi connectivity index (χ3v) is 3.31. The Balaban J connectivity index is 2.04. The van der Waals surface area contributed by atoms with Crippen molar-refractivity contribution in [2.75, 3.05) is 18.5 Å². The molecule has 0 bridgehead atoms. The van der Waals surface area contributed by atoms with E-state index in [2.05, 4.69) is 10.3 Å². The molecule has 0 aliphatic heterocycles. The van der Waals surface area contributed by atoms with Gasteiger partial charge in [0.2, 0.25) is 0 Å². The Morgan fingerprint density at radius 2 is 2.33 bits per heavy atom. The molecule has 1 aromatic rings. The van der Waals surface area contributed by atoms with Gasteiger partial charge in [-0.25, -0.2) is 4.79 Å². The van der Waals surface area contributed by atoms with E-state index < -0.39 is 5.97 Å². The molecule has 1 aliphatic carbocycles. The lowest BCUT2D eigenvalue weighted by Crippen LogP contribution is -2.42. The highest BCUT2D eigenvalue weighted by Gasteiger charge is 2.33. The van der Waals surface area contributed by atoms with Gasteiger partial charge in [0.25, 0.3) is 6.01 Å². The number of carbonyl (C=O) groups is 1. The van der Waals surface area contributed by atoms with E-state index >= 15 is 0 Å². The molecule has 1 heterocycles. The molecule has 1 fully saturated rings. The second kappa shape index (κ2) is 5.39. The number of esters is 1. The van der Waals surface area contributed by atoms with Crippen LogP contribution in [0.15, 0.2) is 10.7 Å². The molecule has 0 radical (unpaired) electrons. The summed E-state index contributed by atoms with van der Waals surface area (Å²) in [6.45, 7) is 2.60. The lowest BCUT2D eigenvalue weighted by Gasteiger charge is -2.27. The van der Waals surface area contributed by atoms with Crippen LogP contribution in [0, 0.1) is 0 Å². The zero-order valence-electron chi connectivity index (χ0n) is 10.6. The first kappa shape index (κ1) is 12.9. The first-order valence-corrected chi connectivity index (χ1v) is 6.30. The minimum atomic E-state index is -0.470. The molecule has 100 valence electrons. The van der Waals surface area contributed by atoms with Gasteiger partial charge in [0.15, 0.2) is 5.69 Å². The molecule has 1 aromatic heterocycles. The van der Waals surface area contributed by atoms with E-state index in [9.17, 15) is 4.79 Å². The summed E-state index contributed by atoms with van der Waals surface area (Å²) < 4.78 is 10.1. The van der Waals surface area contributed by atoms with Crippen LogP contribution in [0.4, 0.5) is 6.01 Å². The molecular formula is C12H19N3O3. The Morgan fingerprint density at radius 3 is 2.94 bits per heavy atom. The standard InChI is InChI=1S/C12H19N3O3/c1-2-17-10(16)9-7-18-11(14-9)15-12(8-13)5-3-4-6-12/h7H,2-6,8,13H2,1H3,(H,14,15). The molecule has 0 atom stereocenters. The fourth-order valence-electron chi connectivity index (χ4n) is 2.29. The van der Waals surface area contributed by atoms with Crippen molar-refractivity contribution in [3.8, 4) is 0 Å². The fourth-order valence-corrected chi connectivity index (χ4v) is 2.29. The molecule has 6 heteroatoms. The van der Waals surface area contributed by atoms with Gasteiger partial charge in [-0.15, -0.1) is 0 Å². The van der Waals surface area contributed by atoms with Crippen molar-refractivity contribution in [2.45, 2.75) is 38.1 Å². The number of anilines is 1. The van der Waals surface area contributed by atoms with Gasteiger partial charge < -0.3 is 20.2 Å². The number of carbonyl (C=O) groups excluding carboxylic acids is 1. The SMILES string of the molecule is CCOC(=O)c1coc(NC2(CN)CCCC2)n1. The predicted octanol–water partition coefficient (Wildman–Crippen LogP) is 1.53. The molecule has 1 aliphatic rings. The second-order valence-electron chi connectivity index (χ2n) is 4.57. The molecule has 6 nitrogen and oxygen atoms in total. The van der Waals surface area contributed by atoms with E-state index in [-0.39, 0.29) is 11.2 Å². The van der Waals surface area contributed by atoms with Gasteiger partial charge in [0, 0.05) is 6.54 Å². The molecule has 3 N–H and O–H groups in total. The van der Waals surface area contributed by atoms with E-state index in [0.29, 0.717) is 19.2 Å². The number of hydrogen-bond donors (Lipinski definition) is 2. The lowest BCUT2D eigenvalue weighted by atomic mass is 9.98. The minimum Gasteiger partial charge on any atom is -0.461 e. The van der Waals surface area contributed by atoms with Crippen molar-refractivity contribution in [1.29, 1.82) is 0 Å². The fraction of sp³-hybridized carbons (Fsp3) is 0.667. The highest BCUT2D eigenvalue weighted by molar-refractivity contribution is 5.87.